The number of phenols is 1. The van der Waals surface area contributed by atoms with E-state index in [1.54, 1.807) is 13.2 Å². The minimum absolute atomic E-state index is 0.191. The van der Waals surface area contributed by atoms with E-state index in [0.29, 0.717) is 0 Å². The average Bonchev–Trinajstić information content (AvgIpc) is 2.14. The number of methoxy groups -OCH3 is 1. The average molecular weight is 195 g/mol. The molecule has 3 heteroatoms. The molecule has 0 aromatic heterocycles. The smallest absolute Gasteiger partial charge is 0.123 e. The van der Waals surface area contributed by atoms with E-state index in [0.717, 1.165) is 22.4 Å². The summed E-state index contributed by atoms with van der Waals surface area (Å²) in [4.78, 5) is 0. The standard InChI is InChI=1S/C11H17NO2/c1-6-7(2)11(13)9(8(3)12)5-10(6)14-4/h5,8,13H,12H2,1-4H3/t8-/m0/s1. The first-order valence-electron chi connectivity index (χ1n) is 4.61. The second kappa shape index (κ2) is 3.88. The quantitative estimate of drug-likeness (QED) is 0.759. The van der Waals surface area contributed by atoms with Crippen LogP contribution >= 0.6 is 0 Å². The SMILES string of the molecule is COc1cc([C@H](C)N)c(O)c(C)c1C. The van der Waals surface area contributed by atoms with Crippen LogP contribution in [0.4, 0.5) is 0 Å². The fourth-order valence-electron chi connectivity index (χ4n) is 1.46. The summed E-state index contributed by atoms with van der Waals surface area (Å²) in [6, 6.07) is 1.60. The fourth-order valence-corrected chi connectivity index (χ4v) is 1.46. The lowest BCUT2D eigenvalue weighted by Gasteiger charge is -2.15. The van der Waals surface area contributed by atoms with Crippen LogP contribution in [0, 0.1) is 13.8 Å². The van der Waals surface area contributed by atoms with Crippen LogP contribution in [0.3, 0.4) is 0 Å². The number of nitrogens with two attached hydrogens (primary N) is 1. The molecule has 0 saturated heterocycles. The van der Waals surface area contributed by atoms with Gasteiger partial charge in [-0.15, -0.1) is 0 Å². The molecule has 14 heavy (non-hydrogen) atoms. The Morgan fingerprint density at radius 2 is 1.93 bits per heavy atom. The van der Waals surface area contributed by atoms with E-state index in [1.807, 2.05) is 20.8 Å². The number of ether oxygens (including phenoxy) is 1. The Kier molecular flexibility index (Phi) is 3.01. The molecule has 0 fully saturated rings. The van der Waals surface area contributed by atoms with E-state index in [4.69, 9.17) is 10.5 Å². The summed E-state index contributed by atoms with van der Waals surface area (Å²) in [5, 5.41) is 9.83. The molecule has 1 aromatic carbocycles. The third-order valence-electron chi connectivity index (χ3n) is 2.56. The lowest BCUT2D eigenvalue weighted by molar-refractivity contribution is 0.405. The van der Waals surface area contributed by atoms with E-state index in [-0.39, 0.29) is 11.8 Å². The molecule has 0 aliphatic carbocycles. The second-order valence-corrected chi connectivity index (χ2v) is 3.56. The summed E-state index contributed by atoms with van der Waals surface area (Å²) < 4.78 is 5.20. The van der Waals surface area contributed by atoms with Gasteiger partial charge in [-0.05, 0) is 38.0 Å². The second-order valence-electron chi connectivity index (χ2n) is 3.56. The van der Waals surface area contributed by atoms with Gasteiger partial charge in [0.2, 0.25) is 0 Å². The van der Waals surface area contributed by atoms with E-state index in [1.165, 1.54) is 0 Å². The van der Waals surface area contributed by atoms with Gasteiger partial charge in [0.15, 0.2) is 0 Å². The molecule has 0 bridgehead atoms. The van der Waals surface area contributed by atoms with Gasteiger partial charge >= 0.3 is 0 Å². The molecule has 1 aromatic rings. The molecule has 1 atom stereocenters. The number of benzene rings is 1. The van der Waals surface area contributed by atoms with Gasteiger partial charge in [-0.2, -0.15) is 0 Å². The first kappa shape index (κ1) is 10.9. The first-order chi connectivity index (χ1) is 6.49. The largest absolute Gasteiger partial charge is 0.507 e. The monoisotopic (exact) mass is 195 g/mol. The zero-order chi connectivity index (χ0) is 10.9. The number of hydrogen-bond donors (Lipinski definition) is 2. The molecule has 0 spiro atoms. The van der Waals surface area contributed by atoms with Crippen LogP contribution in [-0.2, 0) is 0 Å². The minimum Gasteiger partial charge on any atom is -0.507 e. The molecule has 3 N–H and O–H groups in total. The fraction of sp³-hybridized carbons (Fsp3) is 0.455. The maximum absolute atomic E-state index is 9.83. The summed E-state index contributed by atoms with van der Waals surface area (Å²) in [7, 11) is 1.61. The van der Waals surface area contributed by atoms with Crippen LogP contribution in [0.25, 0.3) is 0 Å². The van der Waals surface area contributed by atoms with Crippen LogP contribution in [0.1, 0.15) is 29.7 Å². The van der Waals surface area contributed by atoms with Crippen LogP contribution in [-0.4, -0.2) is 12.2 Å². The molecule has 0 unspecified atom stereocenters. The molecule has 1 rings (SSSR count). The summed E-state index contributed by atoms with van der Waals surface area (Å²) >= 11 is 0. The van der Waals surface area contributed by atoms with E-state index in [9.17, 15) is 5.11 Å². The van der Waals surface area contributed by atoms with Gasteiger partial charge in [0.05, 0.1) is 7.11 Å². The summed E-state index contributed by atoms with van der Waals surface area (Å²) in [5.74, 6) is 1.05. The van der Waals surface area contributed by atoms with Gasteiger partial charge in [-0.1, -0.05) is 0 Å². The van der Waals surface area contributed by atoms with Gasteiger partial charge in [0, 0.05) is 11.6 Å². The number of rotatable bonds is 2. The highest BCUT2D eigenvalue weighted by Crippen LogP contribution is 2.34. The Morgan fingerprint density at radius 3 is 2.36 bits per heavy atom. The van der Waals surface area contributed by atoms with Crippen molar-refractivity contribution in [1.82, 2.24) is 0 Å². The van der Waals surface area contributed by atoms with Crippen molar-refractivity contribution in [3.63, 3.8) is 0 Å². The lowest BCUT2D eigenvalue weighted by Crippen LogP contribution is -2.07. The predicted octanol–water partition coefficient (Wildman–Crippen LogP) is 2.04. The van der Waals surface area contributed by atoms with Gasteiger partial charge in [0.25, 0.3) is 0 Å². The normalized spacial score (nSPS) is 12.6. The van der Waals surface area contributed by atoms with Crippen molar-refractivity contribution in [2.75, 3.05) is 7.11 Å². The van der Waals surface area contributed by atoms with Crippen molar-refractivity contribution in [3.8, 4) is 11.5 Å². The zero-order valence-electron chi connectivity index (χ0n) is 9.09. The van der Waals surface area contributed by atoms with Crippen LogP contribution < -0.4 is 10.5 Å². The Bertz CT molecular complexity index is 346. The molecule has 0 saturated carbocycles. The number of aromatic hydroxyl groups is 1. The maximum atomic E-state index is 9.83. The van der Waals surface area contributed by atoms with Gasteiger partial charge in [-0.25, -0.2) is 0 Å². The summed E-state index contributed by atoms with van der Waals surface area (Å²) in [5.41, 5.74) is 8.25. The third kappa shape index (κ3) is 1.68. The zero-order valence-corrected chi connectivity index (χ0v) is 9.09. The van der Waals surface area contributed by atoms with Crippen LogP contribution in [0.5, 0.6) is 11.5 Å². The molecule has 0 aliphatic heterocycles. The van der Waals surface area contributed by atoms with Crippen molar-refractivity contribution in [3.05, 3.63) is 22.8 Å². The summed E-state index contributed by atoms with van der Waals surface area (Å²) in [6.45, 7) is 5.61. The molecule has 0 aliphatic rings. The summed E-state index contributed by atoms with van der Waals surface area (Å²) in [6.07, 6.45) is 0. The molecule has 0 radical (unpaired) electrons. The Morgan fingerprint density at radius 1 is 1.36 bits per heavy atom. The van der Waals surface area contributed by atoms with Gasteiger partial charge in [0.1, 0.15) is 11.5 Å². The van der Waals surface area contributed by atoms with Crippen molar-refractivity contribution < 1.29 is 9.84 Å². The third-order valence-corrected chi connectivity index (χ3v) is 2.56. The number of hydrogen-bond acceptors (Lipinski definition) is 3. The molecular formula is C11H17NO2. The Balaban J connectivity index is 3.40. The van der Waals surface area contributed by atoms with E-state index < -0.39 is 0 Å². The van der Waals surface area contributed by atoms with Crippen molar-refractivity contribution in [2.45, 2.75) is 26.8 Å². The Labute approximate surface area is 84.5 Å². The molecule has 78 valence electrons. The molecule has 0 amide bonds. The highest BCUT2D eigenvalue weighted by atomic mass is 16.5. The van der Waals surface area contributed by atoms with Crippen molar-refractivity contribution in [2.24, 2.45) is 5.73 Å². The van der Waals surface area contributed by atoms with Crippen molar-refractivity contribution in [1.29, 1.82) is 0 Å². The van der Waals surface area contributed by atoms with Crippen molar-refractivity contribution >= 4 is 0 Å². The van der Waals surface area contributed by atoms with Gasteiger partial charge in [-0.3, -0.25) is 0 Å². The van der Waals surface area contributed by atoms with E-state index >= 15 is 0 Å². The topological polar surface area (TPSA) is 55.5 Å². The molecular weight excluding hydrogens is 178 g/mol. The van der Waals surface area contributed by atoms with Crippen LogP contribution in [0.15, 0.2) is 6.07 Å². The maximum Gasteiger partial charge on any atom is 0.123 e. The Hall–Kier alpha value is -1.22. The lowest BCUT2D eigenvalue weighted by atomic mass is 9.99. The molecule has 0 heterocycles. The van der Waals surface area contributed by atoms with E-state index in [2.05, 4.69) is 0 Å². The highest BCUT2D eigenvalue weighted by molar-refractivity contribution is 5.52. The first-order valence-corrected chi connectivity index (χ1v) is 4.61. The highest BCUT2D eigenvalue weighted by Gasteiger charge is 2.14. The number of phenolic OH excluding ortho intramolecular Hbond substituents is 1. The minimum atomic E-state index is -0.191. The predicted molar refractivity (Wildman–Crippen MR) is 56.7 cm³/mol. The molecule has 3 nitrogen and oxygen atoms in total. The van der Waals surface area contributed by atoms with Crippen LogP contribution in [0.2, 0.25) is 0 Å². The van der Waals surface area contributed by atoms with Gasteiger partial charge < -0.3 is 15.6 Å².